The molecule has 0 aliphatic heterocycles. The third-order valence-electron chi connectivity index (χ3n) is 1.98. The van der Waals surface area contributed by atoms with Crippen LogP contribution in [0.1, 0.15) is 22.3 Å². The van der Waals surface area contributed by atoms with Crippen LogP contribution in [0.2, 0.25) is 0 Å². The number of carbonyl (C=O) groups is 2. The largest absolute Gasteiger partial charge is 0.468 e. The lowest BCUT2D eigenvalue weighted by Gasteiger charge is -1.98. The van der Waals surface area contributed by atoms with Crippen molar-refractivity contribution in [1.29, 1.82) is 0 Å². The van der Waals surface area contributed by atoms with Gasteiger partial charge in [-0.05, 0) is 18.2 Å². The van der Waals surface area contributed by atoms with E-state index in [1.54, 1.807) is 24.3 Å². The van der Waals surface area contributed by atoms with Gasteiger partial charge in [0.15, 0.2) is 0 Å². The molecule has 1 aromatic rings. The molecule has 88 valence electrons. The molecule has 0 heterocycles. The minimum absolute atomic E-state index is 0.0267. The molecule has 1 rings (SSSR count). The highest BCUT2D eigenvalue weighted by molar-refractivity contribution is 5.89. The summed E-state index contributed by atoms with van der Waals surface area (Å²) in [4.78, 5) is 22.1. The predicted molar refractivity (Wildman–Crippen MR) is 61.3 cm³/mol. The third-order valence-corrected chi connectivity index (χ3v) is 1.98. The van der Waals surface area contributed by atoms with Gasteiger partial charge in [-0.2, -0.15) is 0 Å². The van der Waals surface area contributed by atoms with E-state index in [-0.39, 0.29) is 12.4 Å². The molecule has 17 heavy (non-hydrogen) atoms. The van der Waals surface area contributed by atoms with Crippen molar-refractivity contribution >= 4 is 11.9 Å². The maximum atomic E-state index is 11.2. The van der Waals surface area contributed by atoms with E-state index >= 15 is 0 Å². The second kappa shape index (κ2) is 6.33. The monoisotopic (exact) mass is 232 g/mol. The van der Waals surface area contributed by atoms with Gasteiger partial charge in [-0.3, -0.25) is 4.79 Å². The normalized spacial score (nSPS) is 8.82. The molecule has 1 aromatic carbocycles. The average molecular weight is 232 g/mol. The molecule has 0 saturated carbocycles. The van der Waals surface area contributed by atoms with Gasteiger partial charge in [-0.1, -0.05) is 17.9 Å². The molecular weight excluding hydrogens is 220 g/mol. The van der Waals surface area contributed by atoms with E-state index in [2.05, 4.69) is 21.3 Å². The zero-order valence-corrected chi connectivity index (χ0v) is 9.65. The molecule has 0 saturated heterocycles. The van der Waals surface area contributed by atoms with Gasteiger partial charge >= 0.3 is 11.9 Å². The molecule has 0 amide bonds. The first-order chi connectivity index (χ1) is 8.17. The average Bonchev–Trinajstić information content (AvgIpc) is 2.38. The second-order valence-corrected chi connectivity index (χ2v) is 3.13. The topological polar surface area (TPSA) is 52.6 Å². The highest BCUT2D eigenvalue weighted by atomic mass is 16.5. The van der Waals surface area contributed by atoms with Crippen molar-refractivity contribution in [2.24, 2.45) is 0 Å². The smallest absolute Gasteiger partial charge is 0.337 e. The Morgan fingerprint density at radius 3 is 2.65 bits per heavy atom. The van der Waals surface area contributed by atoms with Crippen molar-refractivity contribution < 1.29 is 19.1 Å². The van der Waals surface area contributed by atoms with E-state index in [1.165, 1.54) is 14.2 Å². The van der Waals surface area contributed by atoms with Crippen LogP contribution >= 0.6 is 0 Å². The molecule has 0 aliphatic carbocycles. The van der Waals surface area contributed by atoms with Crippen LogP contribution in [-0.2, 0) is 14.3 Å². The van der Waals surface area contributed by atoms with Crippen LogP contribution in [0.25, 0.3) is 0 Å². The standard InChI is InChI=1S/C13H12O4/c1-16-12(14)8-4-6-10-5-3-7-11(9-10)13(15)17-2/h3,5,7,9H,8H2,1-2H3. The minimum Gasteiger partial charge on any atom is -0.468 e. The van der Waals surface area contributed by atoms with E-state index < -0.39 is 5.97 Å². The number of carbonyl (C=O) groups excluding carboxylic acids is 2. The molecule has 0 aromatic heterocycles. The van der Waals surface area contributed by atoms with Crippen molar-refractivity contribution in [1.82, 2.24) is 0 Å². The lowest BCUT2D eigenvalue weighted by Crippen LogP contribution is -2.01. The number of benzene rings is 1. The van der Waals surface area contributed by atoms with Gasteiger partial charge in [0.1, 0.15) is 6.42 Å². The maximum Gasteiger partial charge on any atom is 0.337 e. The van der Waals surface area contributed by atoms with Gasteiger partial charge in [0.05, 0.1) is 19.8 Å². The lowest BCUT2D eigenvalue weighted by atomic mass is 10.1. The first-order valence-corrected chi connectivity index (χ1v) is 4.91. The molecule has 0 fully saturated rings. The number of esters is 2. The lowest BCUT2D eigenvalue weighted by molar-refractivity contribution is -0.139. The summed E-state index contributed by atoms with van der Waals surface area (Å²) in [5, 5.41) is 0. The Morgan fingerprint density at radius 1 is 1.24 bits per heavy atom. The Balaban J connectivity index is 2.78. The Labute approximate surface area is 99.5 Å². The number of ether oxygens (including phenoxy) is 2. The van der Waals surface area contributed by atoms with E-state index in [1.807, 2.05) is 0 Å². The molecule has 0 aliphatic rings. The summed E-state index contributed by atoms with van der Waals surface area (Å²) in [5.41, 5.74) is 1.08. The molecule has 0 radical (unpaired) electrons. The maximum absolute atomic E-state index is 11.2. The van der Waals surface area contributed by atoms with Crippen LogP contribution in [0.5, 0.6) is 0 Å². The van der Waals surface area contributed by atoms with Crippen molar-refractivity contribution in [3.63, 3.8) is 0 Å². The minimum atomic E-state index is -0.415. The molecule has 0 bridgehead atoms. The predicted octanol–water partition coefficient (Wildman–Crippen LogP) is 1.39. The van der Waals surface area contributed by atoms with Crippen LogP contribution in [0, 0.1) is 11.8 Å². The summed E-state index contributed by atoms with van der Waals surface area (Å²) in [6.45, 7) is 0. The van der Waals surface area contributed by atoms with Gasteiger partial charge in [-0.25, -0.2) is 4.79 Å². The Kier molecular flexibility index (Phi) is 4.77. The molecule has 0 spiro atoms. The van der Waals surface area contributed by atoms with Crippen LogP contribution in [-0.4, -0.2) is 26.2 Å². The fraction of sp³-hybridized carbons (Fsp3) is 0.231. The summed E-state index contributed by atoms with van der Waals surface area (Å²) >= 11 is 0. The summed E-state index contributed by atoms with van der Waals surface area (Å²) in [5.74, 6) is 4.63. The molecule has 0 unspecified atom stereocenters. The van der Waals surface area contributed by atoms with Crippen molar-refractivity contribution in [2.45, 2.75) is 6.42 Å². The van der Waals surface area contributed by atoms with Crippen LogP contribution in [0.4, 0.5) is 0 Å². The van der Waals surface area contributed by atoms with Crippen molar-refractivity contribution in [3.8, 4) is 11.8 Å². The van der Waals surface area contributed by atoms with E-state index in [4.69, 9.17) is 0 Å². The first kappa shape index (κ1) is 12.8. The van der Waals surface area contributed by atoms with Crippen molar-refractivity contribution in [2.75, 3.05) is 14.2 Å². The van der Waals surface area contributed by atoms with E-state index in [0.29, 0.717) is 11.1 Å². The van der Waals surface area contributed by atoms with Crippen LogP contribution in [0.3, 0.4) is 0 Å². The number of hydrogen-bond donors (Lipinski definition) is 0. The first-order valence-electron chi connectivity index (χ1n) is 4.91. The van der Waals surface area contributed by atoms with Gasteiger partial charge in [-0.15, -0.1) is 0 Å². The van der Waals surface area contributed by atoms with Gasteiger partial charge in [0, 0.05) is 5.56 Å². The second-order valence-electron chi connectivity index (χ2n) is 3.13. The van der Waals surface area contributed by atoms with Crippen LogP contribution in [0.15, 0.2) is 24.3 Å². The Bertz CT molecular complexity index is 480. The summed E-state index contributed by atoms with van der Waals surface area (Å²) in [6, 6.07) is 6.69. The van der Waals surface area contributed by atoms with Gasteiger partial charge < -0.3 is 9.47 Å². The van der Waals surface area contributed by atoms with E-state index in [0.717, 1.165) is 0 Å². The summed E-state index contributed by atoms with van der Waals surface area (Å²) in [6.07, 6.45) is 0.0267. The zero-order chi connectivity index (χ0) is 12.7. The number of rotatable bonds is 2. The Morgan fingerprint density at radius 2 is 2.00 bits per heavy atom. The molecule has 0 N–H and O–H groups in total. The third kappa shape index (κ3) is 3.99. The fourth-order valence-corrected chi connectivity index (χ4v) is 1.13. The zero-order valence-electron chi connectivity index (χ0n) is 9.65. The highest BCUT2D eigenvalue weighted by Crippen LogP contribution is 2.05. The summed E-state index contributed by atoms with van der Waals surface area (Å²) in [7, 11) is 2.62. The SMILES string of the molecule is COC(=O)CC#Cc1cccc(C(=O)OC)c1. The number of methoxy groups -OCH3 is 2. The molecular formula is C13H12O4. The summed E-state index contributed by atoms with van der Waals surface area (Å²) < 4.78 is 9.04. The molecule has 4 heteroatoms. The number of hydrogen-bond acceptors (Lipinski definition) is 4. The molecule has 0 atom stereocenters. The quantitative estimate of drug-likeness (QED) is 0.571. The van der Waals surface area contributed by atoms with Crippen LogP contribution < -0.4 is 0 Å². The fourth-order valence-electron chi connectivity index (χ4n) is 1.13. The Hall–Kier alpha value is -2.28. The molecule has 4 nitrogen and oxygen atoms in total. The highest BCUT2D eigenvalue weighted by Gasteiger charge is 2.04. The van der Waals surface area contributed by atoms with Gasteiger partial charge in [0.25, 0.3) is 0 Å². The van der Waals surface area contributed by atoms with Crippen molar-refractivity contribution in [3.05, 3.63) is 35.4 Å². The van der Waals surface area contributed by atoms with E-state index in [9.17, 15) is 9.59 Å². The van der Waals surface area contributed by atoms with Gasteiger partial charge in [0.2, 0.25) is 0 Å².